The van der Waals surface area contributed by atoms with Crippen molar-refractivity contribution in [1.29, 1.82) is 0 Å². The summed E-state index contributed by atoms with van der Waals surface area (Å²) in [6, 6.07) is 1.84. The second kappa shape index (κ2) is 2.50. The molecule has 5 heteroatoms. The average molecular weight is 194 g/mol. The average Bonchev–Trinajstić information content (AvgIpc) is 2.44. The fourth-order valence-corrected chi connectivity index (χ4v) is 2.05. The number of nitrogens with zero attached hydrogens (tertiary/aromatic N) is 1. The largest absolute Gasteiger partial charge is 0.398 e. The standard InChI is InChI=1S/C8H10N4S/c1-3-2-4(9)7-6(5(3)10)12-8(11)13-7/h2H,9-10H2,1H3,(H2,11,12). The van der Waals surface area contributed by atoms with Gasteiger partial charge in [0.05, 0.1) is 16.1 Å². The van der Waals surface area contributed by atoms with Crippen molar-refractivity contribution in [2.75, 3.05) is 17.2 Å². The van der Waals surface area contributed by atoms with E-state index in [-0.39, 0.29) is 0 Å². The van der Waals surface area contributed by atoms with Crippen LogP contribution < -0.4 is 17.2 Å². The van der Waals surface area contributed by atoms with Crippen LogP contribution >= 0.6 is 11.3 Å². The minimum atomic E-state index is 0.499. The summed E-state index contributed by atoms with van der Waals surface area (Å²) in [4.78, 5) is 4.13. The van der Waals surface area contributed by atoms with Gasteiger partial charge >= 0.3 is 0 Å². The first kappa shape index (κ1) is 8.12. The molecule has 2 aromatic rings. The van der Waals surface area contributed by atoms with Crippen molar-refractivity contribution in [1.82, 2.24) is 4.98 Å². The molecule has 6 N–H and O–H groups in total. The zero-order valence-electron chi connectivity index (χ0n) is 7.16. The molecule has 1 aromatic heterocycles. The van der Waals surface area contributed by atoms with Crippen LogP contribution in [0.5, 0.6) is 0 Å². The van der Waals surface area contributed by atoms with Crippen LogP contribution in [0.25, 0.3) is 10.2 Å². The summed E-state index contributed by atoms with van der Waals surface area (Å²) >= 11 is 1.36. The third kappa shape index (κ3) is 1.08. The van der Waals surface area contributed by atoms with Crippen molar-refractivity contribution < 1.29 is 0 Å². The van der Waals surface area contributed by atoms with E-state index in [2.05, 4.69) is 4.98 Å². The van der Waals surface area contributed by atoms with Crippen LogP contribution in [0, 0.1) is 6.92 Å². The monoisotopic (exact) mass is 194 g/mol. The molecule has 2 rings (SSSR count). The number of thiazole rings is 1. The number of rotatable bonds is 0. The molecule has 0 aliphatic carbocycles. The van der Waals surface area contributed by atoms with Gasteiger partial charge in [0.2, 0.25) is 0 Å². The molecule has 0 radical (unpaired) electrons. The van der Waals surface area contributed by atoms with E-state index in [4.69, 9.17) is 17.2 Å². The van der Waals surface area contributed by atoms with E-state index < -0.39 is 0 Å². The molecule has 13 heavy (non-hydrogen) atoms. The summed E-state index contributed by atoms with van der Waals surface area (Å²) in [6.07, 6.45) is 0. The van der Waals surface area contributed by atoms with Crippen molar-refractivity contribution in [2.45, 2.75) is 6.92 Å². The van der Waals surface area contributed by atoms with Crippen LogP contribution in [0.15, 0.2) is 6.07 Å². The van der Waals surface area contributed by atoms with Gasteiger partial charge in [0.1, 0.15) is 5.52 Å². The number of aryl methyl sites for hydroxylation is 1. The van der Waals surface area contributed by atoms with Gasteiger partial charge < -0.3 is 17.2 Å². The first-order valence-corrected chi connectivity index (χ1v) is 4.62. The van der Waals surface area contributed by atoms with E-state index in [1.54, 1.807) is 0 Å². The number of hydrogen-bond donors (Lipinski definition) is 3. The molecule has 0 aliphatic heterocycles. The lowest BCUT2D eigenvalue weighted by Crippen LogP contribution is -1.94. The van der Waals surface area contributed by atoms with Gasteiger partial charge in [-0.05, 0) is 18.6 Å². The molecule has 0 unspecified atom stereocenters. The highest BCUT2D eigenvalue weighted by Crippen LogP contribution is 2.34. The number of anilines is 3. The highest BCUT2D eigenvalue weighted by atomic mass is 32.1. The van der Waals surface area contributed by atoms with Gasteiger partial charge in [0.15, 0.2) is 5.13 Å². The molecular weight excluding hydrogens is 184 g/mol. The Labute approximate surface area is 79.4 Å². The first-order chi connectivity index (χ1) is 6.09. The summed E-state index contributed by atoms with van der Waals surface area (Å²) < 4.78 is 0.876. The topological polar surface area (TPSA) is 91.0 Å². The summed E-state index contributed by atoms with van der Waals surface area (Å²) in [6.45, 7) is 1.90. The van der Waals surface area contributed by atoms with Gasteiger partial charge in [0, 0.05) is 0 Å². The minimum absolute atomic E-state index is 0.499. The number of fused-ring (bicyclic) bond motifs is 1. The lowest BCUT2D eigenvalue weighted by molar-refractivity contribution is 1.45. The number of nitrogen functional groups attached to an aromatic ring is 3. The van der Waals surface area contributed by atoms with Crippen LogP contribution in [-0.4, -0.2) is 4.98 Å². The Morgan fingerprint density at radius 1 is 1.31 bits per heavy atom. The van der Waals surface area contributed by atoms with Crippen molar-refractivity contribution >= 4 is 38.1 Å². The van der Waals surface area contributed by atoms with E-state index in [0.29, 0.717) is 16.5 Å². The lowest BCUT2D eigenvalue weighted by atomic mass is 10.1. The van der Waals surface area contributed by atoms with Crippen molar-refractivity contribution in [3.8, 4) is 0 Å². The molecule has 0 atom stereocenters. The third-order valence-electron chi connectivity index (χ3n) is 1.96. The number of hydrogen-bond acceptors (Lipinski definition) is 5. The van der Waals surface area contributed by atoms with Crippen LogP contribution in [0.3, 0.4) is 0 Å². The Balaban J connectivity index is 2.95. The molecule has 0 saturated heterocycles. The van der Waals surface area contributed by atoms with Crippen LogP contribution in [-0.2, 0) is 0 Å². The summed E-state index contributed by atoms with van der Waals surface area (Å²) in [5.74, 6) is 0. The van der Waals surface area contributed by atoms with Crippen LogP contribution in [0.2, 0.25) is 0 Å². The summed E-state index contributed by atoms with van der Waals surface area (Å²) in [5.41, 5.74) is 20.2. The zero-order chi connectivity index (χ0) is 9.59. The van der Waals surface area contributed by atoms with Gasteiger partial charge in [-0.15, -0.1) is 0 Å². The number of benzene rings is 1. The molecule has 0 aliphatic rings. The Morgan fingerprint density at radius 2 is 2.00 bits per heavy atom. The van der Waals surface area contributed by atoms with Gasteiger partial charge in [0.25, 0.3) is 0 Å². The fraction of sp³-hybridized carbons (Fsp3) is 0.125. The highest BCUT2D eigenvalue weighted by Gasteiger charge is 2.09. The maximum absolute atomic E-state index is 5.83. The van der Waals surface area contributed by atoms with Gasteiger partial charge in [-0.2, -0.15) is 0 Å². The minimum Gasteiger partial charge on any atom is -0.398 e. The van der Waals surface area contributed by atoms with E-state index in [0.717, 1.165) is 15.8 Å². The SMILES string of the molecule is Cc1cc(N)c2sc(N)nc2c1N. The molecule has 0 saturated carbocycles. The molecule has 4 nitrogen and oxygen atoms in total. The van der Waals surface area contributed by atoms with Crippen molar-refractivity contribution in [2.24, 2.45) is 0 Å². The Kier molecular flexibility index (Phi) is 1.56. The Morgan fingerprint density at radius 3 is 2.69 bits per heavy atom. The van der Waals surface area contributed by atoms with Crippen molar-refractivity contribution in [3.63, 3.8) is 0 Å². The summed E-state index contributed by atoms with van der Waals surface area (Å²) in [5, 5.41) is 0.499. The predicted molar refractivity (Wildman–Crippen MR) is 57.6 cm³/mol. The third-order valence-corrected chi connectivity index (χ3v) is 2.89. The van der Waals surface area contributed by atoms with E-state index >= 15 is 0 Å². The maximum Gasteiger partial charge on any atom is 0.181 e. The molecule has 0 spiro atoms. The quantitative estimate of drug-likeness (QED) is 0.552. The van der Waals surface area contributed by atoms with E-state index in [9.17, 15) is 0 Å². The molecule has 0 bridgehead atoms. The van der Waals surface area contributed by atoms with Gasteiger partial charge in [-0.1, -0.05) is 11.3 Å². The normalized spacial score (nSPS) is 10.8. The van der Waals surface area contributed by atoms with Crippen LogP contribution in [0.1, 0.15) is 5.56 Å². The van der Waals surface area contributed by atoms with E-state index in [1.165, 1.54) is 11.3 Å². The molecule has 0 fully saturated rings. The summed E-state index contributed by atoms with van der Waals surface area (Å²) in [7, 11) is 0. The lowest BCUT2D eigenvalue weighted by Gasteiger charge is -2.02. The molecule has 68 valence electrons. The number of nitrogens with two attached hydrogens (primary N) is 3. The van der Waals surface area contributed by atoms with Crippen LogP contribution in [0.4, 0.5) is 16.5 Å². The van der Waals surface area contributed by atoms with Crippen molar-refractivity contribution in [3.05, 3.63) is 11.6 Å². The predicted octanol–water partition coefficient (Wildman–Crippen LogP) is 1.35. The Hall–Kier alpha value is -1.49. The van der Waals surface area contributed by atoms with Gasteiger partial charge in [-0.3, -0.25) is 0 Å². The smallest absolute Gasteiger partial charge is 0.181 e. The molecule has 1 aromatic carbocycles. The van der Waals surface area contributed by atoms with E-state index in [1.807, 2.05) is 13.0 Å². The second-order valence-electron chi connectivity index (χ2n) is 2.93. The zero-order valence-corrected chi connectivity index (χ0v) is 7.98. The maximum atomic E-state index is 5.83. The number of aromatic nitrogens is 1. The highest BCUT2D eigenvalue weighted by molar-refractivity contribution is 7.22. The molecular formula is C8H10N4S. The first-order valence-electron chi connectivity index (χ1n) is 3.80. The van der Waals surface area contributed by atoms with Gasteiger partial charge in [-0.25, -0.2) is 4.98 Å². The Bertz CT molecular complexity index is 474. The fourth-order valence-electron chi connectivity index (χ4n) is 1.28. The second-order valence-corrected chi connectivity index (χ2v) is 3.96. The molecule has 0 amide bonds. The molecule has 1 heterocycles.